The lowest BCUT2D eigenvalue weighted by Gasteiger charge is -2.34. The number of Topliss-reactive ketones (excluding diaryl/α,β-unsaturated/α-hetero) is 1. The van der Waals surface area contributed by atoms with Crippen molar-refractivity contribution in [2.75, 3.05) is 5.32 Å². The average molecular weight is 391 g/mol. The van der Waals surface area contributed by atoms with Crippen LogP contribution in [0.3, 0.4) is 0 Å². The van der Waals surface area contributed by atoms with Crippen molar-refractivity contribution in [1.29, 1.82) is 0 Å². The summed E-state index contributed by atoms with van der Waals surface area (Å²) in [6.07, 6.45) is 2.93. The lowest BCUT2D eigenvalue weighted by atomic mass is 9.80. The SMILES string of the molecule is CC(C)c1ccc([C@H]2C3=C(C[C@H](c4cccs4)CC3=O)Nc3ncnn32)cc1. The molecule has 5 nitrogen and oxygen atoms in total. The maximum absolute atomic E-state index is 13.3. The van der Waals surface area contributed by atoms with Crippen molar-refractivity contribution in [3.63, 3.8) is 0 Å². The summed E-state index contributed by atoms with van der Waals surface area (Å²) < 4.78 is 1.84. The number of hydrogen-bond acceptors (Lipinski definition) is 5. The second-order valence-electron chi connectivity index (χ2n) is 7.81. The molecule has 0 saturated carbocycles. The Morgan fingerprint density at radius 1 is 1.18 bits per heavy atom. The molecule has 5 rings (SSSR count). The van der Waals surface area contributed by atoms with Crippen molar-refractivity contribution in [3.05, 3.63) is 75.4 Å². The molecule has 28 heavy (non-hydrogen) atoms. The lowest BCUT2D eigenvalue weighted by Crippen LogP contribution is -2.33. The predicted octanol–water partition coefficient (Wildman–Crippen LogP) is 4.88. The summed E-state index contributed by atoms with van der Waals surface area (Å²) in [4.78, 5) is 18.9. The van der Waals surface area contributed by atoms with Gasteiger partial charge in [-0.3, -0.25) is 4.79 Å². The molecule has 0 amide bonds. The number of nitrogens with one attached hydrogen (secondary N) is 1. The first-order valence-electron chi connectivity index (χ1n) is 9.68. The molecule has 1 aromatic carbocycles. The van der Waals surface area contributed by atoms with E-state index < -0.39 is 0 Å². The van der Waals surface area contributed by atoms with E-state index in [4.69, 9.17) is 0 Å². The molecule has 3 aromatic rings. The highest BCUT2D eigenvalue weighted by molar-refractivity contribution is 7.10. The van der Waals surface area contributed by atoms with Crippen LogP contribution in [0.2, 0.25) is 0 Å². The van der Waals surface area contributed by atoms with Gasteiger partial charge in [-0.1, -0.05) is 44.2 Å². The van der Waals surface area contributed by atoms with Gasteiger partial charge in [0.2, 0.25) is 5.95 Å². The van der Waals surface area contributed by atoms with E-state index in [2.05, 4.69) is 71.0 Å². The maximum atomic E-state index is 13.3. The Morgan fingerprint density at radius 3 is 2.71 bits per heavy atom. The molecule has 6 heteroatoms. The van der Waals surface area contributed by atoms with Crippen molar-refractivity contribution >= 4 is 23.1 Å². The summed E-state index contributed by atoms with van der Waals surface area (Å²) in [7, 11) is 0. The predicted molar refractivity (Wildman–Crippen MR) is 111 cm³/mol. The fraction of sp³-hybridized carbons (Fsp3) is 0.318. The Morgan fingerprint density at radius 2 is 2.00 bits per heavy atom. The first-order chi connectivity index (χ1) is 13.6. The highest BCUT2D eigenvalue weighted by Crippen LogP contribution is 2.44. The normalized spacial score (nSPS) is 21.5. The molecule has 1 aliphatic carbocycles. The number of ketones is 1. The molecule has 0 unspecified atom stereocenters. The smallest absolute Gasteiger partial charge is 0.226 e. The fourth-order valence-electron chi connectivity index (χ4n) is 4.25. The van der Waals surface area contributed by atoms with Gasteiger partial charge < -0.3 is 5.32 Å². The minimum atomic E-state index is -0.216. The first-order valence-corrected chi connectivity index (χ1v) is 10.6. The lowest BCUT2D eigenvalue weighted by molar-refractivity contribution is -0.116. The van der Waals surface area contributed by atoms with Crippen LogP contribution in [0, 0.1) is 0 Å². The zero-order chi connectivity index (χ0) is 19.3. The number of anilines is 1. The molecular weight excluding hydrogens is 368 g/mol. The van der Waals surface area contributed by atoms with Gasteiger partial charge in [0.05, 0.1) is 0 Å². The molecule has 0 bridgehead atoms. The molecule has 1 N–H and O–H groups in total. The third-order valence-corrected chi connectivity index (χ3v) is 6.76. The van der Waals surface area contributed by atoms with Crippen molar-refractivity contribution in [2.24, 2.45) is 0 Å². The van der Waals surface area contributed by atoms with Crippen LogP contribution in [-0.4, -0.2) is 20.5 Å². The van der Waals surface area contributed by atoms with Gasteiger partial charge in [-0.2, -0.15) is 10.1 Å². The minimum absolute atomic E-state index is 0.200. The minimum Gasteiger partial charge on any atom is -0.328 e. The highest BCUT2D eigenvalue weighted by atomic mass is 32.1. The van der Waals surface area contributed by atoms with Crippen LogP contribution < -0.4 is 5.32 Å². The van der Waals surface area contributed by atoms with Crippen LogP contribution in [0.15, 0.2) is 59.4 Å². The zero-order valence-electron chi connectivity index (χ0n) is 15.9. The van der Waals surface area contributed by atoms with Gasteiger partial charge in [0.1, 0.15) is 12.4 Å². The quantitative estimate of drug-likeness (QED) is 0.692. The number of hydrogen-bond donors (Lipinski definition) is 1. The van der Waals surface area contributed by atoms with Crippen molar-refractivity contribution < 1.29 is 4.79 Å². The van der Waals surface area contributed by atoms with Crippen LogP contribution >= 0.6 is 11.3 Å². The van der Waals surface area contributed by atoms with Crippen LogP contribution in [0.1, 0.15) is 60.6 Å². The average Bonchev–Trinajstić information content (AvgIpc) is 3.38. The van der Waals surface area contributed by atoms with Gasteiger partial charge in [-0.15, -0.1) is 11.3 Å². The number of aromatic nitrogens is 3. The second kappa shape index (κ2) is 6.71. The van der Waals surface area contributed by atoms with Crippen molar-refractivity contribution in [3.8, 4) is 0 Å². The van der Waals surface area contributed by atoms with Gasteiger partial charge in [0, 0.05) is 28.5 Å². The number of thiophene rings is 1. The van der Waals surface area contributed by atoms with E-state index in [1.807, 2.05) is 4.68 Å². The van der Waals surface area contributed by atoms with Crippen LogP contribution in [0.4, 0.5) is 5.95 Å². The van der Waals surface area contributed by atoms with Gasteiger partial charge >= 0.3 is 0 Å². The van der Waals surface area contributed by atoms with Gasteiger partial charge in [0.25, 0.3) is 0 Å². The highest BCUT2D eigenvalue weighted by Gasteiger charge is 2.39. The number of nitrogens with zero attached hydrogens (tertiary/aromatic N) is 3. The molecule has 3 heterocycles. The molecule has 2 aliphatic rings. The standard InChI is InChI=1S/C22H22N4OS/c1-13(2)14-5-7-15(8-6-14)21-20-17(25-22-23-12-24-26(21)22)10-16(11-18(20)27)19-4-3-9-28-19/h3-9,12-13,16,21H,10-11H2,1-2H3,(H,23,24,25)/t16-,21-/m0/s1. The topological polar surface area (TPSA) is 59.8 Å². The summed E-state index contributed by atoms with van der Waals surface area (Å²) in [6, 6.07) is 12.5. The Kier molecular flexibility index (Phi) is 4.16. The summed E-state index contributed by atoms with van der Waals surface area (Å²) >= 11 is 1.72. The molecule has 142 valence electrons. The molecule has 0 fully saturated rings. The number of carbonyl (C=O) groups excluding carboxylic acids is 1. The number of carbonyl (C=O) groups is 1. The number of benzene rings is 1. The number of allylic oxidation sites excluding steroid dienone is 2. The molecule has 0 spiro atoms. The van der Waals surface area contributed by atoms with Crippen molar-refractivity contribution in [1.82, 2.24) is 14.8 Å². The van der Waals surface area contributed by atoms with Crippen LogP contribution in [0.5, 0.6) is 0 Å². The maximum Gasteiger partial charge on any atom is 0.226 e. The molecule has 0 saturated heterocycles. The number of fused-ring (bicyclic) bond motifs is 1. The largest absolute Gasteiger partial charge is 0.328 e. The summed E-state index contributed by atoms with van der Waals surface area (Å²) in [5.41, 5.74) is 4.20. The fourth-order valence-corrected chi connectivity index (χ4v) is 5.08. The van der Waals surface area contributed by atoms with E-state index >= 15 is 0 Å². The number of rotatable bonds is 3. The molecule has 1 aliphatic heterocycles. The van der Waals surface area contributed by atoms with Gasteiger partial charge in [0.15, 0.2) is 5.78 Å². The molecule has 2 atom stereocenters. The third-order valence-electron chi connectivity index (χ3n) is 5.73. The molecule has 0 radical (unpaired) electrons. The van der Waals surface area contributed by atoms with Gasteiger partial charge in [-0.05, 0) is 34.9 Å². The van der Waals surface area contributed by atoms with Gasteiger partial charge in [-0.25, -0.2) is 4.68 Å². The van der Waals surface area contributed by atoms with E-state index in [0.717, 1.165) is 23.3 Å². The molecule has 2 aromatic heterocycles. The van der Waals surface area contributed by atoms with E-state index in [9.17, 15) is 4.79 Å². The first kappa shape index (κ1) is 17.4. The Balaban J connectivity index is 1.58. The molecular formula is C22H22N4OS. The Bertz CT molecular complexity index is 1050. The summed E-state index contributed by atoms with van der Waals surface area (Å²) in [5.74, 6) is 1.61. The Labute approximate surface area is 168 Å². The van der Waals surface area contributed by atoms with E-state index in [1.165, 1.54) is 10.4 Å². The Hall–Kier alpha value is -2.73. The van der Waals surface area contributed by atoms with Crippen LogP contribution in [-0.2, 0) is 4.79 Å². The monoisotopic (exact) mass is 390 g/mol. The third kappa shape index (κ3) is 2.79. The van der Waals surface area contributed by atoms with Crippen LogP contribution in [0.25, 0.3) is 0 Å². The van der Waals surface area contributed by atoms with E-state index in [1.54, 1.807) is 17.7 Å². The van der Waals surface area contributed by atoms with Crippen molar-refractivity contribution in [2.45, 2.75) is 44.6 Å². The van der Waals surface area contributed by atoms with E-state index in [0.29, 0.717) is 18.3 Å². The summed E-state index contributed by atoms with van der Waals surface area (Å²) in [5, 5.41) is 9.89. The zero-order valence-corrected chi connectivity index (χ0v) is 16.7. The summed E-state index contributed by atoms with van der Waals surface area (Å²) in [6.45, 7) is 4.37. The second-order valence-corrected chi connectivity index (χ2v) is 8.79. The van der Waals surface area contributed by atoms with E-state index in [-0.39, 0.29) is 17.7 Å².